The molecule has 3 heteroatoms. The number of fused-ring (bicyclic) bond motifs is 1. The van der Waals surface area contributed by atoms with E-state index in [2.05, 4.69) is 41.7 Å². The standard InChI is InChI=1S/C23H24FNO/c24-19-12-9-17(10-13-19)16-26-23-14-11-18-5-1-4-8-21(18)22(23)15-25-20-6-2-3-7-20/h1,4-5,8-14,20,25H,2-3,6-7,15-16H2. The average molecular weight is 349 g/mol. The van der Waals surface area contributed by atoms with Crippen LogP contribution in [0.2, 0.25) is 0 Å². The van der Waals surface area contributed by atoms with Crippen LogP contribution in [0.25, 0.3) is 10.8 Å². The molecule has 134 valence electrons. The molecule has 3 aromatic carbocycles. The van der Waals surface area contributed by atoms with E-state index in [1.54, 1.807) is 12.1 Å². The number of halogens is 1. The van der Waals surface area contributed by atoms with Crippen molar-refractivity contribution >= 4 is 10.8 Å². The number of ether oxygens (including phenoxy) is 1. The van der Waals surface area contributed by atoms with Crippen LogP contribution >= 0.6 is 0 Å². The smallest absolute Gasteiger partial charge is 0.124 e. The molecule has 0 amide bonds. The summed E-state index contributed by atoms with van der Waals surface area (Å²) in [6.45, 7) is 1.25. The second-order valence-corrected chi connectivity index (χ2v) is 7.04. The van der Waals surface area contributed by atoms with Crippen molar-refractivity contribution in [1.82, 2.24) is 5.32 Å². The summed E-state index contributed by atoms with van der Waals surface area (Å²) < 4.78 is 19.2. The Labute approximate surface area is 154 Å². The van der Waals surface area contributed by atoms with Crippen molar-refractivity contribution in [2.24, 2.45) is 0 Å². The van der Waals surface area contributed by atoms with Crippen LogP contribution in [0, 0.1) is 5.82 Å². The molecule has 26 heavy (non-hydrogen) atoms. The largest absolute Gasteiger partial charge is 0.489 e. The van der Waals surface area contributed by atoms with Crippen LogP contribution in [0.1, 0.15) is 36.8 Å². The van der Waals surface area contributed by atoms with Gasteiger partial charge in [-0.05, 0) is 47.4 Å². The van der Waals surface area contributed by atoms with Gasteiger partial charge in [-0.1, -0.05) is 55.3 Å². The first kappa shape index (κ1) is 17.0. The van der Waals surface area contributed by atoms with E-state index in [0.29, 0.717) is 12.6 Å². The number of nitrogens with one attached hydrogen (secondary N) is 1. The molecule has 1 saturated carbocycles. The van der Waals surface area contributed by atoms with Crippen LogP contribution in [-0.4, -0.2) is 6.04 Å². The summed E-state index contributed by atoms with van der Waals surface area (Å²) in [7, 11) is 0. The van der Waals surface area contributed by atoms with Gasteiger partial charge in [0.2, 0.25) is 0 Å². The molecule has 1 N–H and O–H groups in total. The number of hydrogen-bond donors (Lipinski definition) is 1. The lowest BCUT2D eigenvalue weighted by Gasteiger charge is -2.17. The second-order valence-electron chi connectivity index (χ2n) is 7.04. The molecule has 0 aliphatic heterocycles. The Balaban J connectivity index is 1.57. The SMILES string of the molecule is Fc1ccc(COc2ccc3ccccc3c2CNC2CCCC2)cc1. The zero-order chi connectivity index (χ0) is 17.8. The van der Waals surface area contributed by atoms with Crippen molar-refractivity contribution in [3.8, 4) is 5.75 Å². The monoisotopic (exact) mass is 349 g/mol. The van der Waals surface area contributed by atoms with E-state index in [4.69, 9.17) is 4.74 Å². The third kappa shape index (κ3) is 3.88. The van der Waals surface area contributed by atoms with Crippen LogP contribution in [0.4, 0.5) is 4.39 Å². The van der Waals surface area contributed by atoms with E-state index in [-0.39, 0.29) is 5.82 Å². The number of benzene rings is 3. The van der Waals surface area contributed by atoms with Gasteiger partial charge in [-0.15, -0.1) is 0 Å². The van der Waals surface area contributed by atoms with E-state index in [1.165, 1.54) is 54.2 Å². The minimum atomic E-state index is -0.221. The second kappa shape index (κ2) is 7.88. The molecule has 0 bridgehead atoms. The van der Waals surface area contributed by atoms with Gasteiger partial charge in [0.1, 0.15) is 18.2 Å². The Morgan fingerprint density at radius 3 is 2.50 bits per heavy atom. The van der Waals surface area contributed by atoms with Gasteiger partial charge in [-0.3, -0.25) is 0 Å². The third-order valence-electron chi connectivity index (χ3n) is 5.23. The topological polar surface area (TPSA) is 21.3 Å². The molecule has 0 saturated heterocycles. The van der Waals surface area contributed by atoms with Gasteiger partial charge >= 0.3 is 0 Å². The Morgan fingerprint density at radius 1 is 0.923 bits per heavy atom. The fourth-order valence-corrected chi connectivity index (χ4v) is 3.75. The van der Waals surface area contributed by atoms with Gasteiger partial charge in [-0.2, -0.15) is 0 Å². The van der Waals surface area contributed by atoms with E-state index in [1.807, 2.05) is 0 Å². The molecular formula is C23H24FNO. The lowest BCUT2D eigenvalue weighted by atomic mass is 10.0. The van der Waals surface area contributed by atoms with Gasteiger partial charge in [0, 0.05) is 18.2 Å². The summed E-state index contributed by atoms with van der Waals surface area (Å²) in [6, 6.07) is 19.7. The molecular weight excluding hydrogens is 325 g/mol. The summed E-state index contributed by atoms with van der Waals surface area (Å²) in [5, 5.41) is 6.16. The van der Waals surface area contributed by atoms with Crippen LogP contribution < -0.4 is 10.1 Å². The number of hydrogen-bond acceptors (Lipinski definition) is 2. The summed E-state index contributed by atoms with van der Waals surface area (Å²) in [4.78, 5) is 0. The van der Waals surface area contributed by atoms with Crippen LogP contribution in [0.15, 0.2) is 60.7 Å². The third-order valence-corrected chi connectivity index (χ3v) is 5.23. The van der Waals surface area contributed by atoms with Gasteiger partial charge in [0.25, 0.3) is 0 Å². The molecule has 0 aromatic heterocycles. The lowest BCUT2D eigenvalue weighted by molar-refractivity contribution is 0.302. The predicted octanol–water partition coefficient (Wildman–Crippen LogP) is 5.59. The normalized spacial score (nSPS) is 14.8. The molecule has 1 aliphatic carbocycles. The molecule has 1 fully saturated rings. The highest BCUT2D eigenvalue weighted by atomic mass is 19.1. The van der Waals surface area contributed by atoms with Gasteiger partial charge in [-0.25, -0.2) is 4.39 Å². The summed E-state index contributed by atoms with van der Waals surface area (Å²) >= 11 is 0. The maximum atomic E-state index is 13.1. The highest BCUT2D eigenvalue weighted by molar-refractivity contribution is 5.87. The first-order chi connectivity index (χ1) is 12.8. The molecule has 0 radical (unpaired) electrons. The molecule has 2 nitrogen and oxygen atoms in total. The Kier molecular flexibility index (Phi) is 5.16. The van der Waals surface area contributed by atoms with Crippen molar-refractivity contribution in [1.29, 1.82) is 0 Å². The van der Waals surface area contributed by atoms with Crippen molar-refractivity contribution in [3.63, 3.8) is 0 Å². The van der Waals surface area contributed by atoms with Crippen LogP contribution in [0.3, 0.4) is 0 Å². The molecule has 0 atom stereocenters. The van der Waals surface area contributed by atoms with Crippen LogP contribution in [-0.2, 0) is 13.2 Å². The van der Waals surface area contributed by atoms with Crippen molar-refractivity contribution in [2.75, 3.05) is 0 Å². The van der Waals surface area contributed by atoms with Crippen LogP contribution in [0.5, 0.6) is 5.75 Å². The Bertz CT molecular complexity index is 869. The fourth-order valence-electron chi connectivity index (χ4n) is 3.75. The Morgan fingerprint density at radius 2 is 1.69 bits per heavy atom. The Hall–Kier alpha value is -2.39. The van der Waals surface area contributed by atoms with E-state index in [9.17, 15) is 4.39 Å². The maximum Gasteiger partial charge on any atom is 0.124 e. The van der Waals surface area contributed by atoms with Crippen molar-refractivity contribution in [2.45, 2.75) is 44.9 Å². The maximum absolute atomic E-state index is 13.1. The molecule has 3 aromatic rings. The molecule has 0 spiro atoms. The van der Waals surface area contributed by atoms with Crippen molar-refractivity contribution in [3.05, 3.63) is 77.6 Å². The van der Waals surface area contributed by atoms with Crippen molar-refractivity contribution < 1.29 is 9.13 Å². The van der Waals surface area contributed by atoms with Gasteiger partial charge < -0.3 is 10.1 Å². The minimum Gasteiger partial charge on any atom is -0.489 e. The first-order valence-corrected chi connectivity index (χ1v) is 9.41. The van der Waals surface area contributed by atoms with Gasteiger partial charge in [0.05, 0.1) is 0 Å². The van der Waals surface area contributed by atoms with E-state index < -0.39 is 0 Å². The lowest BCUT2D eigenvalue weighted by Crippen LogP contribution is -2.25. The average Bonchev–Trinajstić information content (AvgIpc) is 3.19. The highest BCUT2D eigenvalue weighted by Gasteiger charge is 2.16. The van der Waals surface area contributed by atoms with Gasteiger partial charge in [0.15, 0.2) is 0 Å². The summed E-state index contributed by atoms with van der Waals surface area (Å²) in [6.07, 6.45) is 5.16. The fraction of sp³-hybridized carbons (Fsp3) is 0.304. The summed E-state index contributed by atoms with van der Waals surface area (Å²) in [5.74, 6) is 0.680. The number of rotatable bonds is 6. The minimum absolute atomic E-state index is 0.221. The zero-order valence-electron chi connectivity index (χ0n) is 14.9. The molecule has 1 aliphatic rings. The van der Waals surface area contributed by atoms with E-state index in [0.717, 1.165) is 17.9 Å². The zero-order valence-corrected chi connectivity index (χ0v) is 14.9. The highest BCUT2D eigenvalue weighted by Crippen LogP contribution is 2.29. The quantitative estimate of drug-likeness (QED) is 0.626. The molecule has 4 rings (SSSR count). The first-order valence-electron chi connectivity index (χ1n) is 9.41. The molecule has 0 unspecified atom stereocenters. The van der Waals surface area contributed by atoms with E-state index >= 15 is 0 Å². The summed E-state index contributed by atoms with van der Waals surface area (Å²) in [5.41, 5.74) is 2.17. The molecule has 0 heterocycles. The predicted molar refractivity (Wildman–Crippen MR) is 104 cm³/mol.